The van der Waals surface area contributed by atoms with Crippen molar-refractivity contribution < 1.29 is 9.53 Å². The molecule has 0 radical (unpaired) electrons. The molecule has 0 heterocycles. The lowest BCUT2D eigenvalue weighted by Crippen LogP contribution is -2.13. The summed E-state index contributed by atoms with van der Waals surface area (Å²) in [5, 5.41) is 12.1. The first kappa shape index (κ1) is 19.4. The third kappa shape index (κ3) is 5.57. The molecule has 0 atom stereocenters. The van der Waals surface area contributed by atoms with E-state index < -0.39 is 5.91 Å². The maximum atomic E-state index is 12.3. The summed E-state index contributed by atoms with van der Waals surface area (Å²) < 4.78 is 6.83. The molecule has 0 fully saturated rings. The van der Waals surface area contributed by atoms with Crippen LogP contribution in [0.1, 0.15) is 11.1 Å². The lowest BCUT2D eigenvalue weighted by atomic mass is 10.1. The number of carbonyl (C=O) groups excluding carboxylic acids is 1. The normalized spacial score (nSPS) is 10.8. The third-order valence-corrected chi connectivity index (χ3v) is 4.41. The van der Waals surface area contributed by atoms with E-state index in [-0.39, 0.29) is 5.57 Å². The molecule has 3 rings (SSSR count). The molecule has 3 aromatic carbocycles. The van der Waals surface area contributed by atoms with Crippen LogP contribution in [0.3, 0.4) is 0 Å². The van der Waals surface area contributed by atoms with Crippen molar-refractivity contribution in [3.05, 3.63) is 100 Å². The summed E-state index contributed by atoms with van der Waals surface area (Å²) in [4.78, 5) is 12.3. The number of amides is 1. The van der Waals surface area contributed by atoms with Gasteiger partial charge in [0.15, 0.2) is 0 Å². The Labute approximate surface area is 172 Å². The maximum Gasteiger partial charge on any atom is 0.266 e. The quantitative estimate of drug-likeness (QED) is 0.408. The summed E-state index contributed by atoms with van der Waals surface area (Å²) in [6.45, 7) is 0.431. The van der Waals surface area contributed by atoms with E-state index in [1.54, 1.807) is 24.3 Å². The molecule has 1 N–H and O–H groups in total. The molecule has 0 bridgehead atoms. The summed E-state index contributed by atoms with van der Waals surface area (Å²) in [5.41, 5.74) is 2.42. The van der Waals surface area contributed by atoms with Gasteiger partial charge in [0.1, 0.15) is 24.0 Å². The average molecular weight is 433 g/mol. The molecular formula is C23H17BrN2O2. The van der Waals surface area contributed by atoms with Gasteiger partial charge in [-0.15, -0.1) is 0 Å². The molecule has 1 amide bonds. The highest BCUT2D eigenvalue weighted by Crippen LogP contribution is 2.19. The molecule has 0 saturated carbocycles. The smallest absolute Gasteiger partial charge is 0.266 e. The first-order valence-electron chi connectivity index (χ1n) is 8.59. The van der Waals surface area contributed by atoms with Crippen LogP contribution in [0.5, 0.6) is 5.75 Å². The van der Waals surface area contributed by atoms with Crippen LogP contribution in [0.2, 0.25) is 0 Å². The summed E-state index contributed by atoms with van der Waals surface area (Å²) in [5.74, 6) is 0.215. The molecule has 0 spiro atoms. The van der Waals surface area contributed by atoms with Crippen LogP contribution in [0, 0.1) is 11.3 Å². The van der Waals surface area contributed by atoms with Crippen molar-refractivity contribution in [3.63, 3.8) is 0 Å². The van der Waals surface area contributed by atoms with E-state index >= 15 is 0 Å². The molecule has 0 saturated heterocycles. The lowest BCUT2D eigenvalue weighted by molar-refractivity contribution is -0.112. The number of hydrogen-bond acceptors (Lipinski definition) is 3. The van der Waals surface area contributed by atoms with Crippen LogP contribution in [-0.4, -0.2) is 5.91 Å². The van der Waals surface area contributed by atoms with E-state index in [1.807, 2.05) is 66.7 Å². The van der Waals surface area contributed by atoms with Gasteiger partial charge < -0.3 is 10.1 Å². The molecule has 0 aromatic heterocycles. The Bertz CT molecular complexity index is 1020. The second kappa shape index (κ2) is 9.54. The van der Waals surface area contributed by atoms with Crippen molar-refractivity contribution in [1.82, 2.24) is 0 Å². The molecule has 0 aliphatic carbocycles. The second-order valence-corrected chi connectivity index (χ2v) is 6.89. The topological polar surface area (TPSA) is 62.1 Å². The van der Waals surface area contributed by atoms with E-state index in [1.165, 1.54) is 0 Å². The van der Waals surface area contributed by atoms with Crippen molar-refractivity contribution in [2.45, 2.75) is 6.61 Å². The Morgan fingerprint density at radius 2 is 1.79 bits per heavy atom. The van der Waals surface area contributed by atoms with Crippen molar-refractivity contribution in [2.75, 3.05) is 5.32 Å². The van der Waals surface area contributed by atoms with Crippen molar-refractivity contribution >= 4 is 33.6 Å². The van der Waals surface area contributed by atoms with E-state index in [2.05, 4.69) is 21.2 Å². The molecule has 28 heavy (non-hydrogen) atoms. The highest BCUT2D eigenvalue weighted by atomic mass is 79.9. The highest BCUT2D eigenvalue weighted by Gasteiger charge is 2.09. The van der Waals surface area contributed by atoms with Gasteiger partial charge in [0.25, 0.3) is 5.91 Å². The molecule has 0 unspecified atom stereocenters. The SMILES string of the molecule is N#C/C(=C\c1cccc(OCc2ccc(Br)cc2)c1)C(=O)Nc1ccccc1. The first-order valence-corrected chi connectivity index (χ1v) is 9.39. The predicted octanol–water partition coefficient (Wildman–Crippen LogP) is 5.57. The number of hydrogen-bond donors (Lipinski definition) is 1. The minimum atomic E-state index is -0.449. The zero-order valence-corrected chi connectivity index (χ0v) is 16.5. The Morgan fingerprint density at radius 1 is 1.04 bits per heavy atom. The zero-order valence-electron chi connectivity index (χ0n) is 14.9. The van der Waals surface area contributed by atoms with Crippen LogP contribution < -0.4 is 10.1 Å². The van der Waals surface area contributed by atoms with Gasteiger partial charge in [0.2, 0.25) is 0 Å². The number of ether oxygens (including phenoxy) is 1. The largest absolute Gasteiger partial charge is 0.489 e. The summed E-state index contributed by atoms with van der Waals surface area (Å²) in [7, 11) is 0. The van der Waals surface area contributed by atoms with E-state index in [4.69, 9.17) is 4.74 Å². The second-order valence-electron chi connectivity index (χ2n) is 5.98. The summed E-state index contributed by atoms with van der Waals surface area (Å²) >= 11 is 3.41. The Kier molecular flexibility index (Phi) is 6.61. The van der Waals surface area contributed by atoms with Crippen molar-refractivity contribution in [2.24, 2.45) is 0 Å². The third-order valence-electron chi connectivity index (χ3n) is 3.88. The fraction of sp³-hybridized carbons (Fsp3) is 0.0435. The number of nitriles is 1. The lowest BCUT2D eigenvalue weighted by Gasteiger charge is -2.08. The minimum absolute atomic E-state index is 0.0221. The van der Waals surface area contributed by atoms with Gasteiger partial charge in [-0.25, -0.2) is 0 Å². The molecule has 4 nitrogen and oxygen atoms in total. The van der Waals surface area contributed by atoms with E-state index in [0.717, 1.165) is 10.0 Å². The van der Waals surface area contributed by atoms with Crippen LogP contribution >= 0.6 is 15.9 Å². The molecule has 0 aliphatic heterocycles. The Balaban J connectivity index is 1.69. The monoisotopic (exact) mass is 432 g/mol. The standard InChI is InChI=1S/C23H17BrN2O2/c24-20-11-9-17(10-12-20)16-28-22-8-4-5-18(14-22)13-19(15-25)23(27)26-21-6-2-1-3-7-21/h1-14H,16H2,(H,26,27)/b19-13+. The fourth-order valence-corrected chi connectivity index (χ4v) is 2.74. The number of para-hydroxylation sites is 1. The Morgan fingerprint density at radius 3 is 2.50 bits per heavy atom. The number of carbonyl (C=O) groups is 1. The van der Waals surface area contributed by atoms with E-state index in [0.29, 0.717) is 23.6 Å². The maximum absolute atomic E-state index is 12.3. The van der Waals surface area contributed by atoms with Crippen LogP contribution in [0.25, 0.3) is 6.08 Å². The first-order chi connectivity index (χ1) is 13.6. The van der Waals surface area contributed by atoms with E-state index in [9.17, 15) is 10.1 Å². The number of anilines is 1. The van der Waals surface area contributed by atoms with Gasteiger partial charge in [-0.05, 0) is 53.6 Å². The number of halogens is 1. The molecule has 5 heteroatoms. The van der Waals surface area contributed by atoms with Gasteiger partial charge in [-0.3, -0.25) is 4.79 Å². The molecule has 3 aromatic rings. The van der Waals surface area contributed by atoms with Crippen molar-refractivity contribution in [3.8, 4) is 11.8 Å². The van der Waals surface area contributed by atoms with Crippen LogP contribution in [0.15, 0.2) is 88.9 Å². The average Bonchev–Trinajstić information content (AvgIpc) is 2.72. The summed E-state index contributed by atoms with van der Waals surface area (Å²) in [6.07, 6.45) is 1.55. The number of nitrogens with zero attached hydrogens (tertiary/aromatic N) is 1. The predicted molar refractivity (Wildman–Crippen MR) is 114 cm³/mol. The van der Waals surface area contributed by atoms with Gasteiger partial charge in [-0.1, -0.05) is 58.4 Å². The van der Waals surface area contributed by atoms with Gasteiger partial charge >= 0.3 is 0 Å². The minimum Gasteiger partial charge on any atom is -0.489 e. The van der Waals surface area contributed by atoms with Gasteiger partial charge in [-0.2, -0.15) is 5.26 Å². The molecule has 138 valence electrons. The number of nitrogens with one attached hydrogen (secondary N) is 1. The van der Waals surface area contributed by atoms with Crippen LogP contribution in [0.4, 0.5) is 5.69 Å². The van der Waals surface area contributed by atoms with Gasteiger partial charge in [0, 0.05) is 10.2 Å². The Hall–Kier alpha value is -3.36. The zero-order chi connectivity index (χ0) is 19.8. The molecule has 0 aliphatic rings. The van der Waals surface area contributed by atoms with Gasteiger partial charge in [0.05, 0.1) is 0 Å². The number of rotatable bonds is 6. The highest BCUT2D eigenvalue weighted by molar-refractivity contribution is 9.10. The fourth-order valence-electron chi connectivity index (χ4n) is 2.48. The van der Waals surface area contributed by atoms with Crippen LogP contribution in [-0.2, 0) is 11.4 Å². The summed E-state index contributed by atoms with van der Waals surface area (Å²) in [6, 6.07) is 26.2. The van der Waals surface area contributed by atoms with Crippen molar-refractivity contribution in [1.29, 1.82) is 5.26 Å². The number of benzene rings is 3. The molecular weight excluding hydrogens is 416 g/mol.